The summed E-state index contributed by atoms with van der Waals surface area (Å²) in [7, 11) is 0. The quantitative estimate of drug-likeness (QED) is 0.709. The monoisotopic (exact) mass is 263 g/mol. The summed E-state index contributed by atoms with van der Waals surface area (Å²) in [5.74, 6) is 0.806. The predicted molar refractivity (Wildman–Crippen MR) is 79.2 cm³/mol. The SMILES string of the molecule is CC(C)(C)C1CCCc2c(nnn2C(C)(C)C)CC1. The van der Waals surface area contributed by atoms with Crippen LogP contribution in [0, 0.1) is 11.3 Å². The predicted octanol–water partition coefficient (Wildman–Crippen LogP) is 3.96. The Hall–Kier alpha value is -0.860. The summed E-state index contributed by atoms with van der Waals surface area (Å²) in [6, 6.07) is 0. The maximum atomic E-state index is 4.45. The molecular formula is C16H29N3. The summed E-state index contributed by atoms with van der Waals surface area (Å²) in [5.41, 5.74) is 3.07. The van der Waals surface area contributed by atoms with Crippen molar-refractivity contribution in [3.8, 4) is 0 Å². The van der Waals surface area contributed by atoms with Crippen molar-refractivity contribution >= 4 is 0 Å². The van der Waals surface area contributed by atoms with Crippen molar-refractivity contribution in [2.24, 2.45) is 11.3 Å². The minimum atomic E-state index is 0.0449. The Balaban J connectivity index is 2.22. The first-order chi connectivity index (χ1) is 8.69. The van der Waals surface area contributed by atoms with Crippen LogP contribution in [0.3, 0.4) is 0 Å². The van der Waals surface area contributed by atoms with Gasteiger partial charge in [-0.05, 0) is 64.2 Å². The van der Waals surface area contributed by atoms with Gasteiger partial charge in [-0.2, -0.15) is 0 Å². The van der Waals surface area contributed by atoms with Crippen LogP contribution in [0.4, 0.5) is 0 Å². The number of fused-ring (bicyclic) bond motifs is 1. The Morgan fingerprint density at radius 1 is 1.00 bits per heavy atom. The van der Waals surface area contributed by atoms with Gasteiger partial charge < -0.3 is 0 Å². The lowest BCUT2D eigenvalue weighted by Crippen LogP contribution is -2.27. The fourth-order valence-corrected chi connectivity index (χ4v) is 3.15. The third-order valence-electron chi connectivity index (χ3n) is 4.40. The van der Waals surface area contributed by atoms with Gasteiger partial charge in [-0.25, -0.2) is 4.68 Å². The van der Waals surface area contributed by atoms with Crippen LogP contribution in [0.15, 0.2) is 0 Å². The summed E-state index contributed by atoms with van der Waals surface area (Å²) < 4.78 is 2.14. The fourth-order valence-electron chi connectivity index (χ4n) is 3.15. The van der Waals surface area contributed by atoms with Gasteiger partial charge in [-0.1, -0.05) is 26.0 Å². The molecule has 0 amide bonds. The molecule has 0 saturated heterocycles. The van der Waals surface area contributed by atoms with Crippen LogP contribution >= 0.6 is 0 Å². The average Bonchev–Trinajstić information content (AvgIpc) is 2.57. The van der Waals surface area contributed by atoms with Crippen LogP contribution in [-0.4, -0.2) is 15.0 Å². The minimum absolute atomic E-state index is 0.0449. The Morgan fingerprint density at radius 2 is 1.68 bits per heavy atom. The van der Waals surface area contributed by atoms with Gasteiger partial charge in [0.15, 0.2) is 0 Å². The molecule has 0 spiro atoms. The van der Waals surface area contributed by atoms with Gasteiger partial charge in [0, 0.05) is 0 Å². The maximum Gasteiger partial charge on any atom is 0.0859 e. The molecule has 1 aromatic heterocycles. The van der Waals surface area contributed by atoms with Crippen LogP contribution in [0.5, 0.6) is 0 Å². The average molecular weight is 263 g/mol. The largest absolute Gasteiger partial charge is 0.244 e. The van der Waals surface area contributed by atoms with E-state index in [-0.39, 0.29) is 5.54 Å². The fraction of sp³-hybridized carbons (Fsp3) is 0.875. The Kier molecular flexibility index (Phi) is 3.76. The Labute approximate surface area is 117 Å². The summed E-state index contributed by atoms with van der Waals surface area (Å²) in [6.07, 6.45) is 6.07. The molecule has 0 saturated carbocycles. The molecule has 1 heterocycles. The first kappa shape index (κ1) is 14.5. The first-order valence-corrected chi connectivity index (χ1v) is 7.63. The standard InChI is InChI=1S/C16H29N3/c1-15(2,3)12-8-7-9-14-13(11-10-12)17-18-19(14)16(4,5)6/h12H,7-11H2,1-6H3. The maximum absolute atomic E-state index is 4.45. The lowest BCUT2D eigenvalue weighted by atomic mass is 9.74. The van der Waals surface area contributed by atoms with Gasteiger partial charge in [0.25, 0.3) is 0 Å². The number of nitrogens with zero attached hydrogens (tertiary/aromatic N) is 3. The number of hydrogen-bond acceptors (Lipinski definition) is 2. The zero-order valence-corrected chi connectivity index (χ0v) is 13.5. The molecule has 3 nitrogen and oxygen atoms in total. The summed E-state index contributed by atoms with van der Waals surface area (Å²) in [6.45, 7) is 13.7. The number of aromatic nitrogens is 3. The second-order valence-electron chi connectivity index (χ2n) is 8.06. The van der Waals surface area contributed by atoms with E-state index in [2.05, 4.69) is 56.5 Å². The molecule has 0 bridgehead atoms. The Bertz CT molecular complexity index is 432. The van der Waals surface area contributed by atoms with E-state index in [1.807, 2.05) is 0 Å². The van der Waals surface area contributed by atoms with Crippen LogP contribution in [0.25, 0.3) is 0 Å². The van der Waals surface area contributed by atoms with E-state index in [1.165, 1.54) is 30.7 Å². The molecule has 1 aromatic rings. The smallest absolute Gasteiger partial charge is 0.0859 e. The second kappa shape index (κ2) is 4.92. The third-order valence-corrected chi connectivity index (χ3v) is 4.40. The molecule has 1 aliphatic carbocycles. The van der Waals surface area contributed by atoms with Crippen molar-refractivity contribution in [1.82, 2.24) is 15.0 Å². The molecule has 0 fully saturated rings. The van der Waals surface area contributed by atoms with E-state index in [9.17, 15) is 0 Å². The van der Waals surface area contributed by atoms with Gasteiger partial charge in [0.05, 0.1) is 16.9 Å². The molecule has 3 heteroatoms. The first-order valence-electron chi connectivity index (χ1n) is 7.63. The summed E-state index contributed by atoms with van der Waals surface area (Å²) >= 11 is 0. The van der Waals surface area contributed by atoms with E-state index in [1.54, 1.807) is 0 Å². The van der Waals surface area contributed by atoms with Gasteiger partial charge in [-0.3, -0.25) is 0 Å². The van der Waals surface area contributed by atoms with Crippen LogP contribution in [0.2, 0.25) is 0 Å². The van der Waals surface area contributed by atoms with E-state index in [4.69, 9.17) is 0 Å². The van der Waals surface area contributed by atoms with Crippen LogP contribution in [-0.2, 0) is 18.4 Å². The van der Waals surface area contributed by atoms with Crippen molar-refractivity contribution in [3.05, 3.63) is 11.4 Å². The molecular weight excluding hydrogens is 234 g/mol. The minimum Gasteiger partial charge on any atom is -0.244 e. The molecule has 2 rings (SSSR count). The number of aryl methyl sites for hydroxylation is 1. The molecule has 0 aromatic carbocycles. The van der Waals surface area contributed by atoms with Crippen molar-refractivity contribution < 1.29 is 0 Å². The topological polar surface area (TPSA) is 30.7 Å². The second-order valence-corrected chi connectivity index (χ2v) is 8.06. The van der Waals surface area contributed by atoms with Crippen molar-refractivity contribution in [1.29, 1.82) is 0 Å². The van der Waals surface area contributed by atoms with Gasteiger partial charge in [0.2, 0.25) is 0 Å². The summed E-state index contributed by atoms with van der Waals surface area (Å²) in [4.78, 5) is 0. The van der Waals surface area contributed by atoms with E-state index in [0.717, 1.165) is 18.8 Å². The van der Waals surface area contributed by atoms with Crippen LogP contribution in [0.1, 0.15) is 72.2 Å². The van der Waals surface area contributed by atoms with Crippen molar-refractivity contribution in [2.45, 2.75) is 79.2 Å². The van der Waals surface area contributed by atoms with Crippen molar-refractivity contribution in [3.63, 3.8) is 0 Å². The van der Waals surface area contributed by atoms with Gasteiger partial charge in [0.1, 0.15) is 0 Å². The molecule has 0 aliphatic heterocycles. The van der Waals surface area contributed by atoms with Gasteiger partial charge >= 0.3 is 0 Å². The van der Waals surface area contributed by atoms with Gasteiger partial charge in [-0.15, -0.1) is 5.10 Å². The lowest BCUT2D eigenvalue weighted by molar-refractivity contribution is 0.204. The van der Waals surface area contributed by atoms with Crippen LogP contribution < -0.4 is 0 Å². The highest BCUT2D eigenvalue weighted by molar-refractivity contribution is 5.13. The zero-order valence-electron chi connectivity index (χ0n) is 13.5. The normalized spacial score (nSPS) is 21.7. The number of rotatable bonds is 0. The molecule has 108 valence electrons. The molecule has 0 N–H and O–H groups in total. The van der Waals surface area contributed by atoms with E-state index >= 15 is 0 Å². The highest BCUT2D eigenvalue weighted by Gasteiger charge is 2.29. The molecule has 1 aliphatic rings. The van der Waals surface area contributed by atoms with E-state index < -0.39 is 0 Å². The highest BCUT2D eigenvalue weighted by atomic mass is 15.5. The Morgan fingerprint density at radius 3 is 2.26 bits per heavy atom. The molecule has 19 heavy (non-hydrogen) atoms. The zero-order chi connectivity index (χ0) is 14.3. The highest BCUT2D eigenvalue weighted by Crippen LogP contribution is 2.36. The molecule has 1 atom stereocenters. The number of hydrogen-bond donors (Lipinski definition) is 0. The van der Waals surface area contributed by atoms with Crippen molar-refractivity contribution in [2.75, 3.05) is 0 Å². The lowest BCUT2D eigenvalue weighted by Gasteiger charge is -2.32. The van der Waals surface area contributed by atoms with E-state index in [0.29, 0.717) is 5.41 Å². The summed E-state index contributed by atoms with van der Waals surface area (Å²) in [5, 5.41) is 8.86. The molecule has 0 radical (unpaired) electrons. The third kappa shape index (κ3) is 3.18. The molecule has 1 unspecified atom stereocenters.